The van der Waals surface area contributed by atoms with Crippen molar-refractivity contribution in [3.8, 4) is 11.5 Å². The minimum absolute atomic E-state index is 0.0302. The molecule has 0 radical (unpaired) electrons. The molecule has 1 aliphatic rings. The number of ketones is 2. The first-order valence-electron chi connectivity index (χ1n) is 14.5. The fourth-order valence-electron chi connectivity index (χ4n) is 5.30. The molecule has 0 amide bonds. The smallest absolute Gasteiger partial charge is 0.185 e. The van der Waals surface area contributed by atoms with E-state index in [0.717, 1.165) is 62.5 Å². The molecular formula is C31H49N3O5. The maximum atomic E-state index is 12.5. The lowest BCUT2D eigenvalue weighted by Gasteiger charge is -2.29. The topological polar surface area (TPSA) is 137 Å². The van der Waals surface area contributed by atoms with Gasteiger partial charge in [0.1, 0.15) is 5.78 Å². The maximum Gasteiger partial charge on any atom is 0.185 e. The van der Waals surface area contributed by atoms with E-state index in [2.05, 4.69) is 11.9 Å². The highest BCUT2D eigenvalue weighted by Gasteiger charge is 2.29. The van der Waals surface area contributed by atoms with Gasteiger partial charge < -0.3 is 30.8 Å². The van der Waals surface area contributed by atoms with E-state index < -0.39 is 0 Å². The number of Topliss-reactive ketones (excluding diaryl/α,β-unsaturated/α-hetero) is 1. The molecule has 0 aliphatic heterocycles. The number of aliphatic imine (C=N–C) groups is 1. The van der Waals surface area contributed by atoms with Crippen LogP contribution in [0.25, 0.3) is 0 Å². The largest absolute Gasteiger partial charge is 0.504 e. The Labute approximate surface area is 234 Å². The van der Waals surface area contributed by atoms with E-state index in [0.29, 0.717) is 44.6 Å². The number of carbonyl (C=O) groups excluding carboxylic acids is 2. The molecule has 1 fully saturated rings. The number of carbonyl (C=O) groups is 2. The second-order valence-electron chi connectivity index (χ2n) is 10.7. The summed E-state index contributed by atoms with van der Waals surface area (Å²) in [6.07, 6.45) is 13.1. The molecule has 2 atom stereocenters. The van der Waals surface area contributed by atoms with Crippen molar-refractivity contribution in [1.82, 2.24) is 0 Å². The summed E-state index contributed by atoms with van der Waals surface area (Å²) in [4.78, 5) is 28.6. The van der Waals surface area contributed by atoms with Gasteiger partial charge in [0, 0.05) is 38.7 Å². The van der Waals surface area contributed by atoms with Crippen molar-refractivity contribution < 1.29 is 24.2 Å². The number of nitrogens with zero attached hydrogens (tertiary/aromatic N) is 1. The predicted octanol–water partition coefficient (Wildman–Crippen LogP) is 5.34. The van der Waals surface area contributed by atoms with Crippen molar-refractivity contribution in [1.29, 1.82) is 0 Å². The number of rotatable bonds is 19. The highest BCUT2D eigenvalue weighted by Crippen LogP contribution is 2.44. The van der Waals surface area contributed by atoms with E-state index in [9.17, 15) is 14.7 Å². The van der Waals surface area contributed by atoms with Gasteiger partial charge in [-0.3, -0.25) is 9.79 Å². The third kappa shape index (κ3) is 11.8. The molecule has 1 saturated carbocycles. The molecule has 1 aromatic rings. The average molecular weight is 544 g/mol. The second-order valence-corrected chi connectivity index (χ2v) is 10.7. The Bertz CT molecular complexity index is 965. The van der Waals surface area contributed by atoms with Gasteiger partial charge in [-0.05, 0) is 94.3 Å². The molecule has 0 heterocycles. The van der Waals surface area contributed by atoms with Crippen molar-refractivity contribution in [2.45, 2.75) is 103 Å². The van der Waals surface area contributed by atoms with Crippen LogP contribution in [0.3, 0.4) is 0 Å². The van der Waals surface area contributed by atoms with Crippen molar-refractivity contribution in [2.24, 2.45) is 22.4 Å². The number of hydrogen-bond acceptors (Lipinski definition) is 6. The highest BCUT2D eigenvalue weighted by atomic mass is 16.5. The van der Waals surface area contributed by atoms with Crippen molar-refractivity contribution >= 4 is 17.5 Å². The maximum absolute atomic E-state index is 12.5. The third-order valence-electron chi connectivity index (χ3n) is 7.36. The zero-order chi connectivity index (χ0) is 28.6. The van der Waals surface area contributed by atoms with Gasteiger partial charge in [-0.2, -0.15) is 0 Å². The number of hydrogen-bond donors (Lipinski definition) is 3. The van der Waals surface area contributed by atoms with Gasteiger partial charge in [-0.1, -0.05) is 25.5 Å². The molecule has 0 saturated heterocycles. The number of unbranched alkanes of at least 4 members (excludes halogenated alkanes) is 1. The number of phenolic OH excluding ortho intramolecular Hbond substituents is 1. The first-order valence-corrected chi connectivity index (χ1v) is 14.5. The van der Waals surface area contributed by atoms with Gasteiger partial charge in [0.15, 0.2) is 23.2 Å². The van der Waals surface area contributed by atoms with E-state index >= 15 is 0 Å². The number of guanidine groups is 1. The van der Waals surface area contributed by atoms with Crippen LogP contribution in [-0.4, -0.2) is 49.0 Å². The fraction of sp³-hybridized carbons (Fsp3) is 0.645. The summed E-state index contributed by atoms with van der Waals surface area (Å²) in [7, 11) is 1.66. The monoisotopic (exact) mass is 543 g/mol. The molecular weight excluding hydrogens is 494 g/mol. The Hall–Kier alpha value is -2.87. The molecule has 5 N–H and O–H groups in total. The van der Waals surface area contributed by atoms with E-state index in [-0.39, 0.29) is 41.2 Å². The average Bonchev–Trinajstić information content (AvgIpc) is 3.40. The van der Waals surface area contributed by atoms with Crippen LogP contribution in [0.2, 0.25) is 0 Å². The van der Waals surface area contributed by atoms with E-state index in [4.69, 9.17) is 20.9 Å². The SMILES string of the molecule is CCCC=CC(=O)CCc1cc(OC2CCCC2)c(O)c([C@H](CCC(C)=O)[C@H](CCCN=C(N)N)COC)c1. The van der Waals surface area contributed by atoms with Crippen LogP contribution >= 0.6 is 0 Å². The summed E-state index contributed by atoms with van der Waals surface area (Å²) in [6, 6.07) is 3.87. The zero-order valence-electron chi connectivity index (χ0n) is 24.1. The summed E-state index contributed by atoms with van der Waals surface area (Å²) >= 11 is 0. The summed E-state index contributed by atoms with van der Waals surface area (Å²) < 4.78 is 11.9. The number of methoxy groups -OCH3 is 1. The minimum Gasteiger partial charge on any atom is -0.504 e. The van der Waals surface area contributed by atoms with Gasteiger partial charge in [-0.15, -0.1) is 0 Å². The van der Waals surface area contributed by atoms with E-state index in [1.807, 2.05) is 18.2 Å². The van der Waals surface area contributed by atoms with Crippen molar-refractivity contribution in [3.05, 3.63) is 35.4 Å². The Morgan fingerprint density at radius 1 is 1.18 bits per heavy atom. The molecule has 2 rings (SSSR count). The Morgan fingerprint density at radius 2 is 1.92 bits per heavy atom. The molecule has 0 bridgehead atoms. The van der Waals surface area contributed by atoms with Crippen molar-refractivity contribution in [3.63, 3.8) is 0 Å². The third-order valence-corrected chi connectivity index (χ3v) is 7.36. The lowest BCUT2D eigenvalue weighted by molar-refractivity contribution is -0.117. The normalized spacial score (nSPS) is 15.4. The fourth-order valence-corrected chi connectivity index (χ4v) is 5.30. The van der Waals surface area contributed by atoms with Gasteiger partial charge in [0.25, 0.3) is 0 Å². The molecule has 8 nitrogen and oxygen atoms in total. The zero-order valence-corrected chi connectivity index (χ0v) is 24.1. The van der Waals surface area contributed by atoms with Gasteiger partial charge in [0.2, 0.25) is 0 Å². The quantitative estimate of drug-likeness (QED) is 0.0927. The molecule has 0 unspecified atom stereocenters. The standard InChI is InChI=1S/C31H49N3O5/c1-4-5-6-11-25(36)16-15-23-19-28(30(37)29(20-23)39-26-12-7-8-13-26)27(17-14-22(2)35)24(21-38-3)10-9-18-34-31(32)33/h6,11,19-20,24,26-27,37H,4-5,7-10,12-18,21H2,1-3H3,(H4,32,33,34)/t24-,27-/m1/s1. The summed E-state index contributed by atoms with van der Waals surface area (Å²) in [6.45, 7) is 4.63. The summed E-state index contributed by atoms with van der Waals surface area (Å²) in [5.74, 6) is 0.721. The number of benzene rings is 1. The van der Waals surface area contributed by atoms with Gasteiger partial charge in [0.05, 0.1) is 6.10 Å². The van der Waals surface area contributed by atoms with Crippen LogP contribution in [0.15, 0.2) is 29.3 Å². The Kier molecular flexibility index (Phi) is 14.6. The molecule has 0 aromatic heterocycles. The minimum atomic E-state index is -0.140. The number of aryl methyl sites for hydroxylation is 1. The number of aromatic hydroxyl groups is 1. The number of ether oxygens (including phenoxy) is 2. The lowest BCUT2D eigenvalue weighted by Crippen LogP contribution is -2.23. The number of nitrogens with two attached hydrogens (primary N) is 2. The lowest BCUT2D eigenvalue weighted by atomic mass is 9.79. The van der Waals surface area contributed by atoms with Crippen LogP contribution in [0.5, 0.6) is 11.5 Å². The molecule has 218 valence electrons. The molecule has 1 aromatic carbocycles. The molecule has 0 spiro atoms. The van der Waals surface area contributed by atoms with Crippen LogP contribution in [0, 0.1) is 5.92 Å². The van der Waals surface area contributed by atoms with E-state index in [1.165, 1.54) is 0 Å². The molecule has 1 aliphatic carbocycles. The van der Waals surface area contributed by atoms with Crippen molar-refractivity contribution in [2.75, 3.05) is 20.3 Å². The van der Waals surface area contributed by atoms with Gasteiger partial charge >= 0.3 is 0 Å². The number of allylic oxidation sites excluding steroid dienone is 2. The predicted molar refractivity (Wildman–Crippen MR) is 156 cm³/mol. The first-order chi connectivity index (χ1) is 18.7. The van der Waals surface area contributed by atoms with Crippen LogP contribution in [-0.2, 0) is 20.7 Å². The highest BCUT2D eigenvalue weighted by molar-refractivity contribution is 5.89. The number of phenols is 1. The van der Waals surface area contributed by atoms with Gasteiger partial charge in [-0.25, -0.2) is 0 Å². The Morgan fingerprint density at radius 3 is 2.56 bits per heavy atom. The molecule has 8 heteroatoms. The Balaban J connectivity index is 2.42. The first kappa shape index (κ1) is 32.3. The molecule has 39 heavy (non-hydrogen) atoms. The van der Waals surface area contributed by atoms with E-state index in [1.54, 1.807) is 20.1 Å². The summed E-state index contributed by atoms with van der Waals surface area (Å²) in [5, 5.41) is 11.5. The summed E-state index contributed by atoms with van der Waals surface area (Å²) in [5.41, 5.74) is 12.7. The second kappa shape index (κ2) is 17.7. The van der Waals surface area contributed by atoms with Crippen LogP contribution in [0.4, 0.5) is 0 Å². The van der Waals surface area contributed by atoms with Crippen LogP contribution in [0.1, 0.15) is 102 Å². The van der Waals surface area contributed by atoms with Crippen LogP contribution < -0.4 is 16.2 Å².